The first kappa shape index (κ1) is 13.8. The summed E-state index contributed by atoms with van der Waals surface area (Å²) in [5.41, 5.74) is 2.00. The molecule has 0 amide bonds. The van der Waals surface area contributed by atoms with Crippen molar-refractivity contribution < 1.29 is 0 Å². The summed E-state index contributed by atoms with van der Waals surface area (Å²) in [5, 5.41) is 0. The molecule has 0 N–H and O–H groups in total. The van der Waals surface area contributed by atoms with Gasteiger partial charge in [0.05, 0.1) is 0 Å². The standard InChI is InChI=1S/C16H30/c1-7-10-16(6)11-9-15(12(3)4)14(8-2)13(16)5/h13-15H,3,7-11H2,1-2,4-6H3. The third kappa shape index (κ3) is 2.52. The van der Waals surface area contributed by atoms with Crippen LogP contribution in [0.3, 0.4) is 0 Å². The monoisotopic (exact) mass is 222 g/mol. The van der Waals surface area contributed by atoms with E-state index in [0.717, 1.165) is 17.8 Å². The van der Waals surface area contributed by atoms with E-state index in [-0.39, 0.29) is 0 Å². The van der Waals surface area contributed by atoms with Crippen LogP contribution in [-0.4, -0.2) is 0 Å². The van der Waals surface area contributed by atoms with Crippen molar-refractivity contribution >= 4 is 0 Å². The Morgan fingerprint density at radius 3 is 2.44 bits per heavy atom. The highest BCUT2D eigenvalue weighted by Crippen LogP contribution is 2.51. The predicted octanol–water partition coefficient (Wildman–Crippen LogP) is 5.44. The second-order valence-electron chi connectivity index (χ2n) is 6.26. The topological polar surface area (TPSA) is 0 Å². The van der Waals surface area contributed by atoms with E-state index in [1.807, 2.05) is 0 Å². The first-order chi connectivity index (χ1) is 7.46. The molecule has 4 atom stereocenters. The zero-order valence-electron chi connectivity index (χ0n) is 12.0. The van der Waals surface area contributed by atoms with Gasteiger partial charge in [-0.2, -0.15) is 0 Å². The fourth-order valence-corrected chi connectivity index (χ4v) is 3.97. The molecule has 1 saturated carbocycles. The van der Waals surface area contributed by atoms with E-state index in [0.29, 0.717) is 5.41 Å². The number of hydrogen-bond acceptors (Lipinski definition) is 0. The van der Waals surface area contributed by atoms with Gasteiger partial charge in [0.1, 0.15) is 0 Å². The average molecular weight is 222 g/mol. The SMILES string of the molecule is C=C(C)C1CCC(C)(CCC)C(C)C1CC. The first-order valence-corrected chi connectivity index (χ1v) is 7.11. The van der Waals surface area contributed by atoms with E-state index in [2.05, 4.69) is 41.2 Å². The number of allylic oxidation sites excluding steroid dienone is 1. The van der Waals surface area contributed by atoms with Crippen LogP contribution >= 0.6 is 0 Å². The molecule has 0 nitrogen and oxygen atoms in total. The Morgan fingerprint density at radius 1 is 1.38 bits per heavy atom. The van der Waals surface area contributed by atoms with Crippen molar-refractivity contribution in [3.05, 3.63) is 12.2 Å². The molecule has 0 bridgehead atoms. The van der Waals surface area contributed by atoms with Crippen molar-refractivity contribution in [2.75, 3.05) is 0 Å². The molecule has 0 saturated heterocycles. The smallest absolute Gasteiger partial charge is 0.0177 e. The van der Waals surface area contributed by atoms with E-state index in [1.165, 1.54) is 37.7 Å². The molecule has 1 aliphatic carbocycles. The molecule has 1 fully saturated rings. The maximum atomic E-state index is 4.21. The molecule has 0 radical (unpaired) electrons. The van der Waals surface area contributed by atoms with Crippen LogP contribution < -0.4 is 0 Å². The summed E-state index contributed by atoms with van der Waals surface area (Å²) in [6.45, 7) is 16.1. The lowest BCUT2D eigenvalue weighted by Crippen LogP contribution is -2.40. The Morgan fingerprint density at radius 2 is 2.00 bits per heavy atom. The fraction of sp³-hybridized carbons (Fsp3) is 0.875. The third-order valence-corrected chi connectivity index (χ3v) is 5.21. The van der Waals surface area contributed by atoms with E-state index in [4.69, 9.17) is 0 Å². The van der Waals surface area contributed by atoms with Crippen molar-refractivity contribution in [1.29, 1.82) is 0 Å². The Bertz CT molecular complexity index is 240. The van der Waals surface area contributed by atoms with Crippen molar-refractivity contribution in [1.82, 2.24) is 0 Å². The molecule has 0 aromatic carbocycles. The summed E-state index contributed by atoms with van der Waals surface area (Å²) in [7, 11) is 0. The highest BCUT2D eigenvalue weighted by atomic mass is 14.5. The molecule has 0 aromatic heterocycles. The maximum Gasteiger partial charge on any atom is -0.0177 e. The Labute approximate surface area is 103 Å². The zero-order chi connectivity index (χ0) is 12.3. The van der Waals surface area contributed by atoms with Crippen molar-refractivity contribution in [2.24, 2.45) is 23.2 Å². The lowest BCUT2D eigenvalue weighted by Gasteiger charge is -2.49. The van der Waals surface area contributed by atoms with Gasteiger partial charge >= 0.3 is 0 Å². The largest absolute Gasteiger partial charge is 0.0999 e. The number of hydrogen-bond donors (Lipinski definition) is 0. The lowest BCUT2D eigenvalue weighted by molar-refractivity contribution is 0.0297. The molecule has 94 valence electrons. The maximum absolute atomic E-state index is 4.21. The molecular weight excluding hydrogens is 192 g/mol. The van der Waals surface area contributed by atoms with Crippen LogP contribution in [0.15, 0.2) is 12.2 Å². The zero-order valence-corrected chi connectivity index (χ0v) is 12.0. The van der Waals surface area contributed by atoms with Crippen LogP contribution in [0.5, 0.6) is 0 Å². The van der Waals surface area contributed by atoms with Crippen LogP contribution in [0.25, 0.3) is 0 Å². The first-order valence-electron chi connectivity index (χ1n) is 7.11. The van der Waals surface area contributed by atoms with Gasteiger partial charge in [-0.25, -0.2) is 0 Å². The van der Waals surface area contributed by atoms with Crippen LogP contribution in [0.2, 0.25) is 0 Å². The molecule has 0 heteroatoms. The van der Waals surface area contributed by atoms with Gasteiger partial charge in [-0.1, -0.05) is 52.7 Å². The highest BCUT2D eigenvalue weighted by molar-refractivity contribution is 5.05. The van der Waals surface area contributed by atoms with E-state index >= 15 is 0 Å². The van der Waals surface area contributed by atoms with Gasteiger partial charge in [0, 0.05) is 0 Å². The molecule has 0 spiro atoms. The molecule has 1 rings (SSSR count). The van der Waals surface area contributed by atoms with Crippen LogP contribution in [-0.2, 0) is 0 Å². The van der Waals surface area contributed by atoms with Crippen molar-refractivity contribution in [3.63, 3.8) is 0 Å². The Hall–Kier alpha value is -0.260. The second-order valence-corrected chi connectivity index (χ2v) is 6.26. The van der Waals surface area contributed by atoms with Crippen LogP contribution in [0, 0.1) is 23.2 Å². The fourth-order valence-electron chi connectivity index (χ4n) is 3.97. The van der Waals surface area contributed by atoms with E-state index in [9.17, 15) is 0 Å². The van der Waals surface area contributed by atoms with E-state index in [1.54, 1.807) is 0 Å². The van der Waals surface area contributed by atoms with Gasteiger partial charge < -0.3 is 0 Å². The van der Waals surface area contributed by atoms with Gasteiger partial charge in [-0.15, -0.1) is 0 Å². The summed E-state index contributed by atoms with van der Waals surface area (Å²) in [5.74, 6) is 2.50. The molecule has 0 aliphatic heterocycles. The molecule has 16 heavy (non-hydrogen) atoms. The minimum atomic E-state index is 0.585. The summed E-state index contributed by atoms with van der Waals surface area (Å²) in [6, 6.07) is 0. The predicted molar refractivity (Wildman–Crippen MR) is 73.5 cm³/mol. The molecular formula is C16H30. The average Bonchev–Trinajstić information content (AvgIpc) is 2.22. The van der Waals surface area contributed by atoms with Crippen LogP contribution in [0.4, 0.5) is 0 Å². The minimum Gasteiger partial charge on any atom is -0.0999 e. The summed E-state index contributed by atoms with van der Waals surface area (Å²) in [6.07, 6.45) is 6.81. The summed E-state index contributed by atoms with van der Waals surface area (Å²) in [4.78, 5) is 0. The number of rotatable bonds is 4. The third-order valence-electron chi connectivity index (χ3n) is 5.21. The molecule has 4 unspecified atom stereocenters. The Balaban J connectivity index is 2.84. The Kier molecular flexibility index (Phi) is 4.64. The van der Waals surface area contributed by atoms with Gasteiger partial charge in [0.15, 0.2) is 0 Å². The molecule has 1 aliphatic rings. The van der Waals surface area contributed by atoms with Gasteiger partial charge in [0.2, 0.25) is 0 Å². The normalized spacial score (nSPS) is 39.7. The van der Waals surface area contributed by atoms with Gasteiger partial charge in [0.25, 0.3) is 0 Å². The highest BCUT2D eigenvalue weighted by Gasteiger charge is 2.42. The summed E-state index contributed by atoms with van der Waals surface area (Å²) >= 11 is 0. The van der Waals surface area contributed by atoms with Crippen molar-refractivity contribution in [3.8, 4) is 0 Å². The van der Waals surface area contributed by atoms with Gasteiger partial charge in [-0.05, 0) is 49.4 Å². The van der Waals surface area contributed by atoms with Gasteiger partial charge in [-0.3, -0.25) is 0 Å². The van der Waals surface area contributed by atoms with Crippen LogP contribution in [0.1, 0.15) is 66.7 Å². The van der Waals surface area contributed by atoms with E-state index < -0.39 is 0 Å². The quantitative estimate of drug-likeness (QED) is 0.555. The molecule has 0 aromatic rings. The second kappa shape index (κ2) is 5.38. The van der Waals surface area contributed by atoms with Crippen molar-refractivity contribution in [2.45, 2.75) is 66.7 Å². The summed E-state index contributed by atoms with van der Waals surface area (Å²) < 4.78 is 0. The lowest BCUT2D eigenvalue weighted by atomic mass is 9.56. The molecule has 0 heterocycles. The minimum absolute atomic E-state index is 0.585.